The minimum atomic E-state index is -5.09. The number of fused-ring (bicyclic) bond motifs is 3. The number of Topliss-reactive ketones (excluding diaryl/α,β-unsaturated/α-hetero) is 1. The number of quaternary nitrogens is 1. The zero-order valence-electron chi connectivity index (χ0n) is 40.5. The molecule has 0 heterocycles. The first-order valence-electron chi connectivity index (χ1n) is 23.8. The lowest BCUT2D eigenvalue weighted by Crippen LogP contribution is -2.63. The molecule has 0 amide bonds. The molecule has 4 fully saturated rings. The second-order valence-electron chi connectivity index (χ2n) is 20.3. The molecule has 0 bridgehead atoms. The minimum absolute atomic E-state index is 0.000468. The number of rotatable bonds is 23. The number of phosphoric acid groups is 1. The summed E-state index contributed by atoms with van der Waals surface area (Å²) in [5.74, 6) is -1.52. The molecule has 66 heavy (non-hydrogen) atoms. The number of ether oxygens (including phenoxy) is 3. The van der Waals surface area contributed by atoms with Gasteiger partial charge in [-0.25, -0.2) is 9.36 Å². The van der Waals surface area contributed by atoms with Gasteiger partial charge in [0.15, 0.2) is 18.6 Å². The third-order valence-electron chi connectivity index (χ3n) is 15.0. The van der Waals surface area contributed by atoms with E-state index in [9.17, 15) is 39.4 Å². The van der Waals surface area contributed by atoms with Crippen LogP contribution in [-0.2, 0) is 37.7 Å². The van der Waals surface area contributed by atoms with E-state index in [1.54, 1.807) is 13.0 Å². The highest BCUT2D eigenvalue weighted by Gasteiger charge is 2.69. The zero-order valence-corrected chi connectivity index (χ0v) is 43.5. The van der Waals surface area contributed by atoms with Crippen LogP contribution in [0.4, 0.5) is 0 Å². The van der Waals surface area contributed by atoms with Crippen molar-refractivity contribution >= 4 is 48.5 Å². The third-order valence-corrected chi connectivity index (χ3v) is 15.8. The van der Waals surface area contributed by atoms with Crippen LogP contribution in [-0.4, -0.2) is 112 Å². The monoisotopic (exact) mass is 1060 g/mol. The van der Waals surface area contributed by atoms with E-state index in [0.29, 0.717) is 25.9 Å². The van der Waals surface area contributed by atoms with Crippen LogP contribution in [0.1, 0.15) is 126 Å². The van der Waals surface area contributed by atoms with Crippen molar-refractivity contribution in [3.8, 4) is 0 Å². The predicted molar refractivity (Wildman–Crippen MR) is 261 cm³/mol. The molecule has 5 N–H and O–H groups in total. The zero-order chi connectivity index (χ0) is 49.3. The number of ketones is 1. The minimum Gasteiger partial charge on any atom is -0.632 e. The van der Waals surface area contributed by atoms with Crippen LogP contribution < -0.4 is 5.32 Å². The number of β-amino-alcohol motifs (C(OH)–C–C–N with tert-alkyl or cyclic N) is 1. The van der Waals surface area contributed by atoms with Gasteiger partial charge < -0.3 is 44.1 Å². The molecule has 0 aromatic carbocycles. The molecule has 4 aliphatic rings. The summed E-state index contributed by atoms with van der Waals surface area (Å²) in [6.45, 7) is 17.6. The van der Waals surface area contributed by atoms with Crippen molar-refractivity contribution in [1.29, 1.82) is 0 Å². The van der Waals surface area contributed by atoms with Gasteiger partial charge in [0.1, 0.15) is 24.2 Å². The Bertz CT molecular complexity index is 1890. The number of halogens is 1. The maximum absolute atomic E-state index is 15.1. The van der Waals surface area contributed by atoms with Crippen LogP contribution in [0.2, 0.25) is 0 Å². The maximum Gasteiger partial charge on any atom is 0.524 e. The predicted octanol–water partition coefficient (Wildman–Crippen LogP) is 8.05. The topological polar surface area (TPSA) is 221 Å². The highest BCUT2D eigenvalue weighted by atomic mass is 127. The number of carbonyl (C=O) groups is 3. The van der Waals surface area contributed by atoms with Crippen molar-refractivity contribution in [3.05, 3.63) is 62.7 Å². The standard InChI is InChI=1S/C49H78IN2O13P/c1-10-41(65-66(59,60)61)35(28-33(4)40(55)30-51-46(5,6)7)31-52(58,11-2)32-43(57)63-27-22-42(56)49(64-45(62-12-3)34-16-14-13-15-17-34)23-20-38-37-19-18-36(21-26-53)47(8,24-25-50)44(37)39(54)29-48(38,49)9/h10,21,24-26,28,34,37-40,44-45,51,54-55H,4,11-20,22-23,27,29-32H2,1-3,5-9H3,(H2,59,60,61)/b25-24+,35-28-,36-21-,41-10+/t37-,38-,39-,40?,44+,45+,47?,48-,49-,52?/m0/s1. The van der Waals surface area contributed by atoms with E-state index in [1.165, 1.54) is 19.1 Å². The first kappa shape index (κ1) is 56.5. The summed E-state index contributed by atoms with van der Waals surface area (Å²) in [6, 6.07) is 0. The number of carbonyl (C=O) groups excluding carboxylic acids is 3. The summed E-state index contributed by atoms with van der Waals surface area (Å²) in [4.78, 5) is 59.9. The van der Waals surface area contributed by atoms with Crippen molar-refractivity contribution in [3.63, 3.8) is 0 Å². The summed E-state index contributed by atoms with van der Waals surface area (Å²) in [5.41, 5.74) is -1.95. The molecule has 15 nitrogen and oxygen atoms in total. The number of allylic oxidation sites excluding steroid dienone is 4. The van der Waals surface area contributed by atoms with E-state index in [1.807, 2.05) is 31.8 Å². The number of nitrogens with one attached hydrogen (secondary N) is 1. The molecule has 0 aromatic rings. The number of esters is 1. The molecule has 0 spiro atoms. The number of likely N-dealkylation sites (N-methyl/N-ethyl adjacent to an activating group) is 1. The fourth-order valence-electron chi connectivity index (χ4n) is 11.6. The third kappa shape index (κ3) is 13.6. The van der Waals surface area contributed by atoms with Crippen molar-refractivity contribution in [2.45, 2.75) is 156 Å². The van der Waals surface area contributed by atoms with Crippen LogP contribution in [0.15, 0.2) is 57.4 Å². The number of nitrogens with zero attached hydrogens (tertiary/aromatic N) is 1. The Morgan fingerprint density at radius 2 is 1.79 bits per heavy atom. The maximum atomic E-state index is 15.1. The van der Waals surface area contributed by atoms with Gasteiger partial charge in [-0.05, 0) is 126 Å². The molecular weight excluding hydrogens is 982 g/mol. The lowest BCUT2D eigenvalue weighted by atomic mass is 9.46. The second-order valence-corrected chi connectivity index (χ2v) is 22.2. The number of hydroxylamine groups is 3. The van der Waals surface area contributed by atoms with Gasteiger partial charge in [-0.3, -0.25) is 19.4 Å². The first-order valence-corrected chi connectivity index (χ1v) is 26.5. The number of aldehydes is 1. The molecule has 374 valence electrons. The van der Waals surface area contributed by atoms with E-state index in [0.717, 1.165) is 50.4 Å². The van der Waals surface area contributed by atoms with Crippen molar-refractivity contribution in [2.24, 2.45) is 34.5 Å². The van der Waals surface area contributed by atoms with Gasteiger partial charge in [-0.1, -0.05) is 73.9 Å². The number of phosphoric ester groups is 1. The highest BCUT2D eigenvalue weighted by molar-refractivity contribution is 14.1. The van der Waals surface area contributed by atoms with Crippen molar-refractivity contribution in [2.75, 3.05) is 39.4 Å². The molecule has 10 atom stereocenters. The van der Waals surface area contributed by atoms with Crippen molar-refractivity contribution < 1.29 is 62.3 Å². The molecule has 4 rings (SSSR count). The van der Waals surface area contributed by atoms with E-state index in [2.05, 4.69) is 54.4 Å². The smallest absolute Gasteiger partial charge is 0.524 e. The van der Waals surface area contributed by atoms with Gasteiger partial charge in [0.2, 0.25) is 0 Å². The Morgan fingerprint density at radius 1 is 1.11 bits per heavy atom. The van der Waals surface area contributed by atoms with Crippen LogP contribution in [0.3, 0.4) is 0 Å². The molecule has 0 saturated heterocycles. The number of hydrogen-bond acceptors (Lipinski definition) is 12. The Balaban J connectivity index is 1.61. The second kappa shape index (κ2) is 23.7. The summed E-state index contributed by atoms with van der Waals surface area (Å²) >= 11 is 2.19. The lowest BCUT2D eigenvalue weighted by molar-refractivity contribution is -0.866. The van der Waals surface area contributed by atoms with E-state index in [4.69, 9.17) is 18.7 Å². The van der Waals surface area contributed by atoms with Crippen LogP contribution >= 0.6 is 30.4 Å². The Hall–Kier alpha value is -2.09. The van der Waals surface area contributed by atoms with E-state index >= 15 is 4.79 Å². The average molecular weight is 1060 g/mol. The van der Waals surface area contributed by atoms with Gasteiger partial charge in [0, 0.05) is 53.4 Å². The lowest BCUT2D eigenvalue weighted by Gasteiger charge is -2.60. The largest absolute Gasteiger partial charge is 0.632 e. The Labute approximate surface area is 406 Å². The van der Waals surface area contributed by atoms with Gasteiger partial charge in [-0.2, -0.15) is 0 Å². The molecular formula is C49H78IN2O13P. The summed E-state index contributed by atoms with van der Waals surface area (Å²) in [6.07, 6.45) is 12.1. The fraction of sp³-hybridized carbons (Fsp3) is 0.735. The summed E-state index contributed by atoms with van der Waals surface area (Å²) < 4.78 is 36.9. The number of hydrogen-bond donors (Lipinski definition) is 5. The van der Waals surface area contributed by atoms with Crippen LogP contribution in [0.5, 0.6) is 0 Å². The number of aliphatic hydroxyl groups is 2. The quantitative estimate of drug-likeness (QED) is 0.00625. The molecule has 0 aliphatic heterocycles. The van der Waals surface area contributed by atoms with Gasteiger partial charge >= 0.3 is 13.8 Å². The summed E-state index contributed by atoms with van der Waals surface area (Å²) in [5, 5.41) is 40.7. The van der Waals surface area contributed by atoms with E-state index in [-0.39, 0.29) is 84.4 Å². The van der Waals surface area contributed by atoms with Crippen LogP contribution in [0, 0.1) is 39.7 Å². The molecule has 0 radical (unpaired) electrons. The van der Waals surface area contributed by atoms with E-state index < -0.39 is 66.5 Å². The normalized spacial score (nSPS) is 31.5. The molecule has 3 unspecified atom stereocenters. The number of aliphatic hydroxyl groups excluding tert-OH is 2. The molecule has 0 aromatic heterocycles. The molecule has 4 aliphatic carbocycles. The summed E-state index contributed by atoms with van der Waals surface area (Å²) in [7, 11) is -5.09. The van der Waals surface area contributed by atoms with Crippen molar-refractivity contribution in [1.82, 2.24) is 5.32 Å². The van der Waals surface area contributed by atoms with Crippen LogP contribution in [0.25, 0.3) is 0 Å². The molecule has 4 saturated carbocycles. The van der Waals surface area contributed by atoms with Gasteiger partial charge in [0.05, 0.1) is 25.4 Å². The van der Waals surface area contributed by atoms with Gasteiger partial charge in [0.25, 0.3) is 0 Å². The first-order chi connectivity index (χ1) is 30.9. The highest BCUT2D eigenvalue weighted by Crippen LogP contribution is 2.68. The SMILES string of the molecule is C=C(/C=C(C[N+]([O-])(CC)CC(=O)OCCC(=O)[C@@]1(O[C@@H](OCC)C2CCCCC2)CC[C@H]2[C@@H]3CC/C(=C/C=O)C(C)(/C=C/I)[C@H]3[C@@H](O)C[C@@]21C)\C(=C/C)OP(=O)(O)O)C(O)CNC(C)(C)C. The molecule has 17 heteroatoms. The Kier molecular flexibility index (Phi) is 20.3. The Morgan fingerprint density at radius 3 is 2.36 bits per heavy atom. The fourth-order valence-corrected chi connectivity index (χ4v) is 12.9. The van der Waals surface area contributed by atoms with Gasteiger partial charge in [-0.15, -0.1) is 0 Å². The average Bonchev–Trinajstić information content (AvgIpc) is 3.53.